The van der Waals surface area contributed by atoms with Crippen molar-refractivity contribution < 1.29 is 4.79 Å². The molecule has 0 bridgehead atoms. The van der Waals surface area contributed by atoms with Crippen molar-refractivity contribution in [2.75, 3.05) is 26.7 Å². The molecular weight excluding hydrogens is 262 g/mol. The Morgan fingerprint density at radius 3 is 2.52 bits per heavy atom. The molecule has 0 aromatic heterocycles. The van der Waals surface area contributed by atoms with Crippen molar-refractivity contribution >= 4 is 5.91 Å². The Hall–Kier alpha value is -1.39. The second kappa shape index (κ2) is 6.58. The zero-order valence-electron chi connectivity index (χ0n) is 13.3. The minimum absolute atomic E-state index is 0.314. The first-order chi connectivity index (χ1) is 9.99. The van der Waals surface area contributed by atoms with Gasteiger partial charge in [-0.1, -0.05) is 44.2 Å². The van der Waals surface area contributed by atoms with E-state index in [9.17, 15) is 4.79 Å². The van der Waals surface area contributed by atoms with E-state index in [1.807, 2.05) is 37.3 Å². The summed E-state index contributed by atoms with van der Waals surface area (Å²) in [5.41, 5.74) is 5.91. The predicted octanol–water partition coefficient (Wildman–Crippen LogP) is 1.56. The van der Waals surface area contributed by atoms with Gasteiger partial charge in [-0.25, -0.2) is 0 Å². The third-order valence-electron chi connectivity index (χ3n) is 4.50. The second-order valence-corrected chi connectivity index (χ2v) is 6.34. The van der Waals surface area contributed by atoms with Gasteiger partial charge in [0.25, 0.3) is 0 Å². The van der Waals surface area contributed by atoms with E-state index in [2.05, 4.69) is 24.2 Å². The highest BCUT2D eigenvalue weighted by Crippen LogP contribution is 2.38. The molecule has 1 saturated carbocycles. The number of primary amides is 1. The third-order valence-corrected chi connectivity index (χ3v) is 4.50. The number of nitrogens with one attached hydrogen (secondary N) is 1. The van der Waals surface area contributed by atoms with Gasteiger partial charge in [0.15, 0.2) is 0 Å². The molecule has 0 heterocycles. The Labute approximate surface area is 127 Å². The summed E-state index contributed by atoms with van der Waals surface area (Å²) in [4.78, 5) is 14.5. The Balaban J connectivity index is 2.20. The van der Waals surface area contributed by atoms with Crippen molar-refractivity contribution in [1.29, 1.82) is 0 Å². The van der Waals surface area contributed by atoms with Gasteiger partial charge in [0, 0.05) is 13.1 Å². The summed E-state index contributed by atoms with van der Waals surface area (Å²) in [7, 11) is 2.07. The number of hydrogen-bond donors (Lipinski definition) is 2. The number of likely N-dealkylation sites (N-methyl/N-ethyl adjacent to an activating group) is 2. The van der Waals surface area contributed by atoms with Crippen LogP contribution in [0.3, 0.4) is 0 Å². The molecule has 3 atom stereocenters. The second-order valence-electron chi connectivity index (χ2n) is 6.34. The lowest BCUT2D eigenvalue weighted by molar-refractivity contribution is -0.125. The standard InChI is InChI=1S/C17H27N3O/c1-4-19-17(16(18)21,15-8-6-5-7-9-15)12-20(3)11-14-10-13(14)2/h5-9,13-14,19H,4,10-12H2,1-3H3,(H2,18,21). The molecule has 0 spiro atoms. The molecule has 3 N–H and O–H groups in total. The fourth-order valence-corrected chi connectivity index (χ4v) is 3.10. The van der Waals surface area contributed by atoms with Gasteiger partial charge in [-0.05, 0) is 37.4 Å². The molecule has 2 rings (SSSR count). The first kappa shape index (κ1) is 16.0. The van der Waals surface area contributed by atoms with Crippen LogP contribution in [0.25, 0.3) is 0 Å². The van der Waals surface area contributed by atoms with Crippen molar-refractivity contribution in [3.8, 4) is 0 Å². The van der Waals surface area contributed by atoms with Crippen LogP contribution in [-0.2, 0) is 10.3 Å². The number of carbonyl (C=O) groups excluding carboxylic acids is 1. The summed E-state index contributed by atoms with van der Waals surface area (Å²) in [5, 5.41) is 3.33. The van der Waals surface area contributed by atoms with Gasteiger partial charge in [0.05, 0.1) is 0 Å². The molecule has 0 aliphatic heterocycles. The van der Waals surface area contributed by atoms with E-state index in [1.165, 1.54) is 6.42 Å². The van der Waals surface area contributed by atoms with E-state index < -0.39 is 5.54 Å². The average Bonchev–Trinajstić information content (AvgIpc) is 3.14. The molecular formula is C17H27N3O. The van der Waals surface area contributed by atoms with Crippen LogP contribution < -0.4 is 11.1 Å². The summed E-state index contributed by atoms with van der Waals surface area (Å²) >= 11 is 0. The third kappa shape index (κ3) is 3.63. The minimum atomic E-state index is -0.817. The molecule has 1 aliphatic carbocycles. The lowest BCUT2D eigenvalue weighted by Gasteiger charge is -2.36. The average molecular weight is 289 g/mol. The number of nitrogens with two attached hydrogens (primary N) is 1. The largest absolute Gasteiger partial charge is 0.368 e. The van der Waals surface area contributed by atoms with Gasteiger partial charge in [-0.15, -0.1) is 0 Å². The topological polar surface area (TPSA) is 58.4 Å². The van der Waals surface area contributed by atoms with Gasteiger partial charge in [-0.3, -0.25) is 10.1 Å². The molecule has 1 amide bonds. The van der Waals surface area contributed by atoms with Gasteiger partial charge >= 0.3 is 0 Å². The quantitative estimate of drug-likeness (QED) is 0.763. The molecule has 4 nitrogen and oxygen atoms in total. The highest BCUT2D eigenvalue weighted by molar-refractivity contribution is 5.86. The maximum atomic E-state index is 12.2. The fraction of sp³-hybridized carbons (Fsp3) is 0.588. The Bertz CT molecular complexity index is 476. The molecule has 4 heteroatoms. The van der Waals surface area contributed by atoms with Crippen LogP contribution in [0.2, 0.25) is 0 Å². The first-order valence-electron chi connectivity index (χ1n) is 7.78. The number of nitrogens with zero attached hydrogens (tertiary/aromatic N) is 1. The van der Waals surface area contributed by atoms with E-state index >= 15 is 0 Å². The zero-order chi connectivity index (χ0) is 15.5. The van der Waals surface area contributed by atoms with Crippen LogP contribution in [0, 0.1) is 11.8 Å². The monoisotopic (exact) mass is 289 g/mol. The normalized spacial score (nSPS) is 23.8. The van der Waals surface area contributed by atoms with Crippen LogP contribution in [0.15, 0.2) is 30.3 Å². The van der Waals surface area contributed by atoms with Crippen molar-refractivity contribution in [2.24, 2.45) is 17.6 Å². The molecule has 1 aromatic carbocycles. The number of hydrogen-bond acceptors (Lipinski definition) is 3. The highest BCUT2D eigenvalue weighted by atomic mass is 16.1. The maximum Gasteiger partial charge on any atom is 0.243 e. The van der Waals surface area contributed by atoms with E-state index in [0.29, 0.717) is 13.1 Å². The van der Waals surface area contributed by atoms with E-state index in [4.69, 9.17) is 5.73 Å². The summed E-state index contributed by atoms with van der Waals surface area (Å²) in [5.74, 6) is 1.26. The van der Waals surface area contributed by atoms with Gasteiger partial charge in [-0.2, -0.15) is 0 Å². The van der Waals surface area contributed by atoms with Crippen LogP contribution in [0.1, 0.15) is 25.8 Å². The summed E-state index contributed by atoms with van der Waals surface area (Å²) < 4.78 is 0. The fourth-order valence-electron chi connectivity index (χ4n) is 3.10. The summed E-state index contributed by atoms with van der Waals surface area (Å²) in [6.07, 6.45) is 1.29. The molecule has 1 aliphatic rings. The van der Waals surface area contributed by atoms with Crippen LogP contribution in [-0.4, -0.2) is 37.5 Å². The Morgan fingerprint density at radius 1 is 1.43 bits per heavy atom. The zero-order valence-corrected chi connectivity index (χ0v) is 13.3. The van der Waals surface area contributed by atoms with Crippen molar-refractivity contribution in [1.82, 2.24) is 10.2 Å². The minimum Gasteiger partial charge on any atom is -0.368 e. The lowest BCUT2D eigenvalue weighted by Crippen LogP contribution is -2.58. The van der Waals surface area contributed by atoms with E-state index in [0.717, 1.165) is 23.9 Å². The van der Waals surface area contributed by atoms with Crippen molar-refractivity contribution in [2.45, 2.75) is 25.8 Å². The van der Waals surface area contributed by atoms with Gasteiger partial charge in [0.1, 0.15) is 5.54 Å². The smallest absolute Gasteiger partial charge is 0.243 e. The Kier molecular flexibility index (Phi) is 5.01. The Morgan fingerprint density at radius 2 is 2.05 bits per heavy atom. The highest BCUT2D eigenvalue weighted by Gasteiger charge is 2.40. The predicted molar refractivity (Wildman–Crippen MR) is 85.8 cm³/mol. The number of rotatable bonds is 8. The molecule has 116 valence electrons. The lowest BCUT2D eigenvalue weighted by atomic mass is 9.88. The number of carbonyl (C=O) groups is 1. The molecule has 1 aromatic rings. The molecule has 21 heavy (non-hydrogen) atoms. The van der Waals surface area contributed by atoms with Crippen molar-refractivity contribution in [3.63, 3.8) is 0 Å². The maximum absolute atomic E-state index is 12.2. The van der Waals surface area contributed by atoms with E-state index in [-0.39, 0.29) is 5.91 Å². The van der Waals surface area contributed by atoms with Gasteiger partial charge in [0.2, 0.25) is 5.91 Å². The molecule has 3 unspecified atom stereocenters. The number of amides is 1. The van der Waals surface area contributed by atoms with Crippen LogP contribution in [0.4, 0.5) is 0 Å². The molecule has 0 radical (unpaired) electrons. The molecule has 1 fully saturated rings. The summed E-state index contributed by atoms with van der Waals surface area (Å²) in [6, 6.07) is 9.81. The number of benzene rings is 1. The van der Waals surface area contributed by atoms with Crippen LogP contribution in [0.5, 0.6) is 0 Å². The van der Waals surface area contributed by atoms with Gasteiger partial charge < -0.3 is 10.6 Å². The molecule has 0 saturated heterocycles. The van der Waals surface area contributed by atoms with Crippen molar-refractivity contribution in [3.05, 3.63) is 35.9 Å². The SMILES string of the molecule is CCNC(CN(C)CC1CC1C)(C(N)=O)c1ccccc1. The first-order valence-corrected chi connectivity index (χ1v) is 7.78. The summed E-state index contributed by atoms with van der Waals surface area (Å²) in [6.45, 7) is 6.61. The van der Waals surface area contributed by atoms with E-state index in [1.54, 1.807) is 0 Å². The van der Waals surface area contributed by atoms with Crippen LogP contribution >= 0.6 is 0 Å².